The van der Waals surface area contributed by atoms with Gasteiger partial charge in [0.25, 0.3) is 5.91 Å². The van der Waals surface area contributed by atoms with E-state index in [1.54, 1.807) is 12.1 Å². The predicted molar refractivity (Wildman–Crippen MR) is 104 cm³/mol. The van der Waals surface area contributed by atoms with Gasteiger partial charge >= 0.3 is 0 Å². The van der Waals surface area contributed by atoms with Crippen molar-refractivity contribution in [2.24, 2.45) is 0 Å². The lowest BCUT2D eigenvalue weighted by Crippen LogP contribution is -2.36. The maximum Gasteiger partial charge on any atom is 0.253 e. The molecule has 0 aromatic heterocycles. The smallest absolute Gasteiger partial charge is 0.253 e. The lowest BCUT2D eigenvalue weighted by molar-refractivity contribution is -0.125. The zero-order valence-electron chi connectivity index (χ0n) is 15.5. The molecule has 1 heterocycles. The molecule has 1 aliphatic rings. The fourth-order valence-corrected chi connectivity index (χ4v) is 3.50. The quantitative estimate of drug-likeness (QED) is 0.838. The molecule has 0 fully saturated rings. The molecular formula is C21H25N3O2. The molecule has 0 saturated heterocycles. The first-order valence-electron chi connectivity index (χ1n) is 9.11. The van der Waals surface area contributed by atoms with Gasteiger partial charge in [-0.05, 0) is 35.6 Å². The van der Waals surface area contributed by atoms with E-state index < -0.39 is 5.92 Å². The fourth-order valence-electron chi connectivity index (χ4n) is 3.50. The number of rotatable bonds is 6. The van der Waals surface area contributed by atoms with Crippen molar-refractivity contribution in [2.75, 3.05) is 17.5 Å². The van der Waals surface area contributed by atoms with Crippen molar-refractivity contribution in [3.63, 3.8) is 0 Å². The van der Waals surface area contributed by atoms with E-state index in [0.29, 0.717) is 0 Å². The van der Waals surface area contributed by atoms with Gasteiger partial charge in [-0.1, -0.05) is 50.2 Å². The maximum absolute atomic E-state index is 13.2. The zero-order valence-corrected chi connectivity index (χ0v) is 15.5. The molecule has 2 aromatic carbocycles. The Morgan fingerprint density at radius 3 is 2.42 bits per heavy atom. The van der Waals surface area contributed by atoms with Crippen LogP contribution in [-0.4, -0.2) is 18.9 Å². The molecule has 2 N–H and O–H groups in total. The van der Waals surface area contributed by atoms with Crippen LogP contribution in [0.4, 0.5) is 11.4 Å². The van der Waals surface area contributed by atoms with Crippen LogP contribution in [0.2, 0.25) is 0 Å². The van der Waals surface area contributed by atoms with Gasteiger partial charge in [0.15, 0.2) is 0 Å². The molecule has 0 aliphatic carbocycles. The van der Waals surface area contributed by atoms with Crippen molar-refractivity contribution in [2.45, 2.75) is 39.0 Å². The molecule has 2 aromatic rings. The van der Waals surface area contributed by atoms with Gasteiger partial charge in [0.2, 0.25) is 5.91 Å². The number of fused-ring (bicyclic) bond motifs is 1. The Morgan fingerprint density at radius 1 is 1.04 bits per heavy atom. The molecule has 0 spiro atoms. The average Bonchev–Trinajstić information content (AvgIpc) is 2.94. The van der Waals surface area contributed by atoms with Crippen LogP contribution < -0.4 is 15.8 Å². The van der Waals surface area contributed by atoms with E-state index in [2.05, 4.69) is 30.7 Å². The van der Waals surface area contributed by atoms with Crippen LogP contribution in [0, 0.1) is 0 Å². The predicted octanol–water partition coefficient (Wildman–Crippen LogP) is 3.40. The number of para-hydroxylation sites is 2. The Hall–Kier alpha value is -2.82. The molecule has 0 bridgehead atoms. The fraction of sp³-hybridized carbons (Fsp3) is 0.333. The molecule has 26 heavy (non-hydrogen) atoms. The van der Waals surface area contributed by atoms with Crippen LogP contribution >= 0.6 is 0 Å². The number of hydrogen-bond donors (Lipinski definition) is 2. The molecule has 1 atom stereocenters. The van der Waals surface area contributed by atoms with Crippen LogP contribution in [0.25, 0.3) is 0 Å². The second-order valence-corrected chi connectivity index (χ2v) is 6.43. The van der Waals surface area contributed by atoms with Crippen LogP contribution in [0.15, 0.2) is 42.5 Å². The van der Waals surface area contributed by atoms with Gasteiger partial charge in [-0.3, -0.25) is 15.0 Å². The number of carbonyl (C=O) groups is 2. The van der Waals surface area contributed by atoms with Gasteiger partial charge in [-0.25, -0.2) is 5.01 Å². The summed E-state index contributed by atoms with van der Waals surface area (Å²) in [5, 5.41) is 4.26. The highest BCUT2D eigenvalue weighted by Crippen LogP contribution is 2.42. The standard InChI is InChI=1S/C21H25N3O2/c1-4-14-9-6-7-12-18(14)23-24-20-15(5-2)10-8-11-16(20)17(21(24)26)13-19(25)22-3/h6-12,17,23H,4-5,13H2,1-3H3,(H,22,25). The zero-order chi connectivity index (χ0) is 18.7. The number of anilines is 2. The van der Waals surface area contributed by atoms with Crippen molar-refractivity contribution < 1.29 is 9.59 Å². The summed E-state index contributed by atoms with van der Waals surface area (Å²) in [5.41, 5.74) is 8.27. The number of benzene rings is 2. The van der Waals surface area contributed by atoms with Crippen molar-refractivity contribution in [1.82, 2.24) is 5.32 Å². The highest BCUT2D eigenvalue weighted by Gasteiger charge is 2.40. The highest BCUT2D eigenvalue weighted by atomic mass is 16.2. The first kappa shape index (κ1) is 18.0. The summed E-state index contributed by atoms with van der Waals surface area (Å²) in [6.45, 7) is 4.16. The van der Waals surface area contributed by atoms with Gasteiger partial charge in [-0.15, -0.1) is 0 Å². The van der Waals surface area contributed by atoms with E-state index >= 15 is 0 Å². The van der Waals surface area contributed by atoms with Gasteiger partial charge in [0, 0.05) is 13.5 Å². The normalized spacial score (nSPS) is 15.7. The van der Waals surface area contributed by atoms with Crippen LogP contribution in [0.1, 0.15) is 42.9 Å². The summed E-state index contributed by atoms with van der Waals surface area (Å²) in [4.78, 5) is 25.1. The molecule has 136 valence electrons. The topological polar surface area (TPSA) is 61.4 Å². The van der Waals surface area contributed by atoms with Crippen LogP contribution in [-0.2, 0) is 22.4 Å². The van der Waals surface area contributed by atoms with Crippen LogP contribution in [0.3, 0.4) is 0 Å². The summed E-state index contributed by atoms with van der Waals surface area (Å²) < 4.78 is 0. The summed E-state index contributed by atoms with van der Waals surface area (Å²) in [6, 6.07) is 13.9. The van der Waals surface area contributed by atoms with Gasteiger partial charge < -0.3 is 5.32 Å². The third-order valence-corrected chi connectivity index (χ3v) is 4.95. The largest absolute Gasteiger partial charge is 0.359 e. The van der Waals surface area contributed by atoms with Gasteiger partial charge in [0.1, 0.15) is 0 Å². The third-order valence-electron chi connectivity index (χ3n) is 4.95. The van der Waals surface area contributed by atoms with E-state index in [4.69, 9.17) is 0 Å². The van der Waals surface area contributed by atoms with Crippen molar-refractivity contribution >= 4 is 23.2 Å². The minimum atomic E-state index is -0.460. The third kappa shape index (κ3) is 3.17. The number of nitrogens with one attached hydrogen (secondary N) is 2. The summed E-state index contributed by atoms with van der Waals surface area (Å²) in [5.74, 6) is -0.680. The molecule has 5 nitrogen and oxygen atoms in total. The lowest BCUT2D eigenvalue weighted by atomic mass is 9.95. The lowest BCUT2D eigenvalue weighted by Gasteiger charge is -2.23. The molecular weight excluding hydrogens is 326 g/mol. The van der Waals surface area contributed by atoms with Gasteiger partial charge in [-0.2, -0.15) is 0 Å². The van der Waals surface area contributed by atoms with E-state index in [0.717, 1.165) is 40.9 Å². The first-order valence-corrected chi connectivity index (χ1v) is 9.11. The second-order valence-electron chi connectivity index (χ2n) is 6.43. The Kier molecular flexibility index (Phi) is 5.26. The Balaban J connectivity index is 2.03. The molecule has 5 heteroatoms. The van der Waals surface area contributed by atoms with E-state index in [1.165, 1.54) is 0 Å². The monoisotopic (exact) mass is 351 g/mol. The number of carbonyl (C=O) groups excluding carboxylic acids is 2. The second kappa shape index (κ2) is 7.60. The minimum absolute atomic E-state index is 0.0876. The molecule has 1 aliphatic heterocycles. The minimum Gasteiger partial charge on any atom is -0.359 e. The van der Waals surface area contributed by atoms with Crippen molar-refractivity contribution in [3.8, 4) is 0 Å². The Labute approximate surface area is 154 Å². The number of amides is 2. The summed E-state index contributed by atoms with van der Waals surface area (Å²) >= 11 is 0. The van der Waals surface area contributed by atoms with E-state index in [1.807, 2.05) is 36.4 Å². The first-order chi connectivity index (χ1) is 12.6. The Morgan fingerprint density at radius 2 is 1.73 bits per heavy atom. The Bertz CT molecular complexity index is 832. The van der Waals surface area contributed by atoms with Gasteiger partial charge in [0.05, 0.1) is 17.3 Å². The summed E-state index contributed by atoms with van der Waals surface area (Å²) in [6.07, 6.45) is 1.84. The molecule has 0 saturated carbocycles. The average molecular weight is 351 g/mol. The highest BCUT2D eigenvalue weighted by molar-refractivity contribution is 6.08. The van der Waals surface area contributed by atoms with Crippen LogP contribution in [0.5, 0.6) is 0 Å². The SMILES string of the molecule is CCc1ccccc1NN1C(=O)C(CC(=O)NC)c2cccc(CC)c21. The number of nitrogens with zero attached hydrogens (tertiary/aromatic N) is 1. The van der Waals surface area contributed by atoms with E-state index in [9.17, 15) is 9.59 Å². The number of aryl methyl sites for hydroxylation is 2. The molecule has 0 radical (unpaired) electrons. The van der Waals surface area contributed by atoms with E-state index in [-0.39, 0.29) is 18.2 Å². The van der Waals surface area contributed by atoms with Crippen molar-refractivity contribution in [1.29, 1.82) is 0 Å². The molecule has 2 amide bonds. The van der Waals surface area contributed by atoms with Crippen molar-refractivity contribution in [3.05, 3.63) is 59.2 Å². The number of hydrogen-bond acceptors (Lipinski definition) is 3. The maximum atomic E-state index is 13.2. The summed E-state index contributed by atoms with van der Waals surface area (Å²) in [7, 11) is 1.60. The molecule has 1 unspecified atom stereocenters. The number of hydrazine groups is 1. The molecule has 3 rings (SSSR count).